The van der Waals surface area contributed by atoms with Gasteiger partial charge in [0.1, 0.15) is 0 Å². The molecule has 1 aromatic carbocycles. The quantitative estimate of drug-likeness (QED) is 0.739. The van der Waals surface area contributed by atoms with Crippen LogP contribution < -0.4 is 4.90 Å². The molecule has 0 unspecified atom stereocenters. The Morgan fingerprint density at radius 3 is 2.00 bits per heavy atom. The first-order chi connectivity index (χ1) is 8.06. The van der Waals surface area contributed by atoms with Gasteiger partial charge in [-0.15, -0.1) is 0 Å². The maximum Gasteiger partial charge on any atom is 0.219 e. The van der Waals surface area contributed by atoms with E-state index in [1.54, 1.807) is 6.92 Å². The van der Waals surface area contributed by atoms with Gasteiger partial charge in [0.05, 0.1) is 0 Å². The molecule has 2 rings (SSSR count). The molecule has 1 aliphatic rings. The fourth-order valence-corrected chi connectivity index (χ4v) is 2.41. The number of aryl methyl sites for hydroxylation is 2. The Morgan fingerprint density at radius 2 is 1.53 bits per heavy atom. The molecule has 17 heavy (non-hydrogen) atoms. The van der Waals surface area contributed by atoms with E-state index < -0.39 is 0 Å². The lowest BCUT2D eigenvalue weighted by Gasteiger charge is -2.36. The van der Waals surface area contributed by atoms with Gasteiger partial charge in [-0.3, -0.25) is 4.79 Å². The van der Waals surface area contributed by atoms with Crippen LogP contribution >= 0.6 is 0 Å². The summed E-state index contributed by atoms with van der Waals surface area (Å²) in [7, 11) is 0. The summed E-state index contributed by atoms with van der Waals surface area (Å²) in [5.74, 6) is 0.185. The van der Waals surface area contributed by atoms with Crippen molar-refractivity contribution in [2.45, 2.75) is 20.8 Å². The Morgan fingerprint density at radius 1 is 1.00 bits per heavy atom. The number of rotatable bonds is 1. The third kappa shape index (κ3) is 2.78. The van der Waals surface area contributed by atoms with E-state index >= 15 is 0 Å². The molecule has 0 radical (unpaired) electrons. The van der Waals surface area contributed by atoms with Gasteiger partial charge in [-0.25, -0.2) is 0 Å². The molecule has 0 saturated carbocycles. The molecule has 0 bridgehead atoms. The van der Waals surface area contributed by atoms with Crippen molar-refractivity contribution in [1.29, 1.82) is 0 Å². The number of anilines is 1. The van der Waals surface area contributed by atoms with Crippen LogP contribution in [0.2, 0.25) is 0 Å². The second-order valence-electron chi connectivity index (χ2n) is 4.84. The van der Waals surface area contributed by atoms with Crippen molar-refractivity contribution in [2.24, 2.45) is 0 Å². The van der Waals surface area contributed by atoms with Gasteiger partial charge in [0.2, 0.25) is 5.91 Å². The highest BCUT2D eigenvalue weighted by atomic mass is 16.2. The second kappa shape index (κ2) is 4.78. The average molecular weight is 232 g/mol. The molecule has 0 aliphatic carbocycles. The van der Waals surface area contributed by atoms with Crippen molar-refractivity contribution in [2.75, 3.05) is 31.1 Å². The standard InChI is InChI=1S/C14H20N2O/c1-11-8-12(2)10-14(9-11)16-6-4-15(5-7-16)13(3)17/h8-10H,4-7H2,1-3H3. The smallest absolute Gasteiger partial charge is 0.219 e. The fourth-order valence-electron chi connectivity index (χ4n) is 2.41. The van der Waals surface area contributed by atoms with Gasteiger partial charge in [0.15, 0.2) is 0 Å². The third-order valence-corrected chi connectivity index (χ3v) is 3.30. The van der Waals surface area contributed by atoms with Crippen LogP contribution in [-0.4, -0.2) is 37.0 Å². The van der Waals surface area contributed by atoms with Gasteiger partial charge in [0.25, 0.3) is 0 Å². The zero-order chi connectivity index (χ0) is 12.4. The van der Waals surface area contributed by atoms with E-state index in [4.69, 9.17) is 0 Å². The second-order valence-corrected chi connectivity index (χ2v) is 4.84. The Kier molecular flexibility index (Phi) is 3.36. The normalized spacial score (nSPS) is 16.2. The van der Waals surface area contributed by atoms with Crippen molar-refractivity contribution < 1.29 is 4.79 Å². The molecule has 1 heterocycles. The maximum absolute atomic E-state index is 11.3. The van der Waals surface area contributed by atoms with Gasteiger partial charge in [-0.2, -0.15) is 0 Å². The lowest BCUT2D eigenvalue weighted by molar-refractivity contribution is -0.129. The van der Waals surface area contributed by atoms with E-state index in [0.29, 0.717) is 0 Å². The number of piperazine rings is 1. The van der Waals surface area contributed by atoms with E-state index in [0.717, 1.165) is 26.2 Å². The van der Waals surface area contributed by atoms with Crippen LogP contribution in [-0.2, 0) is 4.79 Å². The molecule has 92 valence electrons. The summed E-state index contributed by atoms with van der Waals surface area (Å²) in [6.07, 6.45) is 0. The minimum Gasteiger partial charge on any atom is -0.368 e. The molecule has 0 spiro atoms. The summed E-state index contributed by atoms with van der Waals surface area (Å²) in [6.45, 7) is 9.44. The first-order valence-corrected chi connectivity index (χ1v) is 6.15. The Hall–Kier alpha value is -1.51. The minimum atomic E-state index is 0.185. The number of benzene rings is 1. The summed E-state index contributed by atoms with van der Waals surface area (Å²) < 4.78 is 0. The van der Waals surface area contributed by atoms with E-state index in [-0.39, 0.29) is 5.91 Å². The minimum absolute atomic E-state index is 0.185. The molecule has 3 heteroatoms. The van der Waals surface area contributed by atoms with E-state index in [1.807, 2.05) is 4.90 Å². The van der Waals surface area contributed by atoms with Crippen molar-refractivity contribution in [1.82, 2.24) is 4.90 Å². The lowest BCUT2D eigenvalue weighted by Crippen LogP contribution is -2.48. The van der Waals surface area contributed by atoms with Crippen molar-refractivity contribution in [3.63, 3.8) is 0 Å². The zero-order valence-electron chi connectivity index (χ0n) is 10.9. The van der Waals surface area contributed by atoms with Gasteiger partial charge < -0.3 is 9.80 Å². The molecule has 1 aliphatic heterocycles. The van der Waals surface area contributed by atoms with Crippen LogP contribution in [0.5, 0.6) is 0 Å². The number of nitrogens with zero attached hydrogens (tertiary/aromatic N) is 2. The molecule has 1 fully saturated rings. The highest BCUT2D eigenvalue weighted by Gasteiger charge is 2.18. The van der Waals surface area contributed by atoms with Gasteiger partial charge >= 0.3 is 0 Å². The molecular formula is C14H20N2O. The van der Waals surface area contributed by atoms with Crippen molar-refractivity contribution in [3.05, 3.63) is 29.3 Å². The first kappa shape index (κ1) is 12.0. The van der Waals surface area contributed by atoms with Crippen molar-refractivity contribution >= 4 is 11.6 Å². The van der Waals surface area contributed by atoms with E-state index in [2.05, 4.69) is 36.9 Å². The van der Waals surface area contributed by atoms with Crippen LogP contribution in [0.3, 0.4) is 0 Å². The lowest BCUT2D eigenvalue weighted by atomic mass is 10.1. The molecule has 1 saturated heterocycles. The number of carbonyl (C=O) groups is 1. The van der Waals surface area contributed by atoms with Gasteiger partial charge in [-0.1, -0.05) is 6.07 Å². The molecule has 0 aromatic heterocycles. The highest BCUT2D eigenvalue weighted by molar-refractivity contribution is 5.73. The maximum atomic E-state index is 11.3. The zero-order valence-corrected chi connectivity index (χ0v) is 10.9. The summed E-state index contributed by atoms with van der Waals surface area (Å²) in [5, 5.41) is 0. The van der Waals surface area contributed by atoms with E-state index in [1.165, 1.54) is 16.8 Å². The SMILES string of the molecule is CC(=O)N1CCN(c2cc(C)cc(C)c2)CC1. The third-order valence-electron chi connectivity index (χ3n) is 3.30. The number of hydrogen-bond acceptors (Lipinski definition) is 2. The number of carbonyl (C=O) groups excluding carboxylic acids is 1. The monoisotopic (exact) mass is 232 g/mol. The van der Waals surface area contributed by atoms with Crippen LogP contribution in [0.1, 0.15) is 18.1 Å². The molecule has 0 N–H and O–H groups in total. The Balaban J connectivity index is 2.07. The topological polar surface area (TPSA) is 23.6 Å². The Labute approximate surface area is 103 Å². The van der Waals surface area contributed by atoms with Gasteiger partial charge in [-0.05, 0) is 37.1 Å². The molecule has 0 atom stereocenters. The summed E-state index contributed by atoms with van der Waals surface area (Å²) in [5.41, 5.74) is 3.88. The summed E-state index contributed by atoms with van der Waals surface area (Å²) >= 11 is 0. The Bertz CT molecular complexity index is 400. The number of hydrogen-bond donors (Lipinski definition) is 0. The highest BCUT2D eigenvalue weighted by Crippen LogP contribution is 2.20. The first-order valence-electron chi connectivity index (χ1n) is 6.15. The van der Waals surface area contributed by atoms with Crippen LogP contribution in [0, 0.1) is 13.8 Å². The molecule has 1 amide bonds. The predicted octanol–water partition coefficient (Wildman–Crippen LogP) is 1.97. The van der Waals surface area contributed by atoms with Crippen LogP contribution in [0.15, 0.2) is 18.2 Å². The number of amides is 1. The summed E-state index contributed by atoms with van der Waals surface area (Å²) in [4.78, 5) is 15.5. The molecule has 3 nitrogen and oxygen atoms in total. The fraction of sp³-hybridized carbons (Fsp3) is 0.500. The largest absolute Gasteiger partial charge is 0.368 e. The van der Waals surface area contributed by atoms with Crippen LogP contribution in [0.4, 0.5) is 5.69 Å². The van der Waals surface area contributed by atoms with E-state index in [9.17, 15) is 4.79 Å². The van der Waals surface area contributed by atoms with Crippen molar-refractivity contribution in [3.8, 4) is 0 Å². The van der Waals surface area contributed by atoms with Crippen LogP contribution in [0.25, 0.3) is 0 Å². The molecular weight excluding hydrogens is 212 g/mol. The predicted molar refractivity (Wildman–Crippen MR) is 70.4 cm³/mol. The summed E-state index contributed by atoms with van der Waals surface area (Å²) in [6, 6.07) is 6.63. The average Bonchev–Trinajstić information content (AvgIpc) is 2.28. The van der Waals surface area contributed by atoms with Gasteiger partial charge in [0, 0.05) is 38.8 Å². The molecule has 1 aromatic rings.